The summed E-state index contributed by atoms with van der Waals surface area (Å²) in [5, 5.41) is 0.781. The number of fused-ring (bicyclic) bond motifs is 1. The zero-order chi connectivity index (χ0) is 22.2. The molecular formula is C26H19BrN4S. The predicted molar refractivity (Wildman–Crippen MR) is 137 cm³/mol. The molecule has 0 bridgehead atoms. The van der Waals surface area contributed by atoms with Gasteiger partial charge in [0.1, 0.15) is 5.82 Å². The minimum Gasteiger partial charge on any atom is -0.384 e. The van der Waals surface area contributed by atoms with Crippen LogP contribution in [-0.2, 0) is 0 Å². The minimum atomic E-state index is 0.366. The van der Waals surface area contributed by atoms with Gasteiger partial charge in [0.2, 0.25) is 4.77 Å². The van der Waals surface area contributed by atoms with Crippen molar-refractivity contribution in [2.24, 2.45) is 0 Å². The molecular weight excluding hydrogens is 480 g/mol. The molecule has 0 atom stereocenters. The van der Waals surface area contributed by atoms with Gasteiger partial charge < -0.3 is 5.73 Å². The van der Waals surface area contributed by atoms with Crippen LogP contribution < -0.4 is 5.73 Å². The molecule has 0 saturated carbocycles. The molecule has 2 aromatic heterocycles. The zero-order valence-electron chi connectivity index (χ0n) is 17.3. The van der Waals surface area contributed by atoms with Gasteiger partial charge in [-0.2, -0.15) is 4.98 Å². The van der Waals surface area contributed by atoms with E-state index in [2.05, 4.69) is 65.3 Å². The Kier molecular flexibility index (Phi) is 5.33. The molecule has 3 aromatic carbocycles. The van der Waals surface area contributed by atoms with E-state index in [4.69, 9.17) is 27.9 Å². The number of hydrogen-bond acceptors (Lipinski definition) is 4. The van der Waals surface area contributed by atoms with Crippen LogP contribution in [0.25, 0.3) is 39.1 Å². The van der Waals surface area contributed by atoms with E-state index in [9.17, 15) is 0 Å². The van der Waals surface area contributed by atoms with Crippen molar-refractivity contribution in [3.05, 3.63) is 99.7 Å². The van der Waals surface area contributed by atoms with Gasteiger partial charge >= 0.3 is 0 Å². The van der Waals surface area contributed by atoms with Gasteiger partial charge in [0, 0.05) is 15.7 Å². The fourth-order valence-electron chi connectivity index (χ4n) is 3.78. The molecule has 0 aliphatic carbocycles. The van der Waals surface area contributed by atoms with Gasteiger partial charge in [0.25, 0.3) is 0 Å². The molecule has 156 valence electrons. The molecule has 2 N–H and O–H groups in total. The van der Waals surface area contributed by atoms with E-state index in [-0.39, 0.29) is 0 Å². The second kappa shape index (κ2) is 8.30. The molecule has 2 heterocycles. The van der Waals surface area contributed by atoms with Crippen LogP contribution in [-0.4, -0.2) is 14.5 Å². The molecule has 5 rings (SSSR count). The highest BCUT2D eigenvalue weighted by Crippen LogP contribution is 2.35. The molecule has 6 heteroatoms. The largest absolute Gasteiger partial charge is 0.384 e. The summed E-state index contributed by atoms with van der Waals surface area (Å²) in [6, 6.07) is 28.4. The first-order valence-electron chi connectivity index (χ1n) is 10.1. The summed E-state index contributed by atoms with van der Waals surface area (Å²) in [7, 11) is 0. The molecule has 0 radical (unpaired) electrons. The number of aromatic nitrogens is 3. The first-order valence-corrected chi connectivity index (χ1v) is 11.3. The van der Waals surface area contributed by atoms with Gasteiger partial charge in [-0.1, -0.05) is 76.1 Å². The molecule has 0 unspecified atom stereocenters. The fourth-order valence-corrected chi connectivity index (χ4v) is 4.33. The van der Waals surface area contributed by atoms with Crippen molar-refractivity contribution in [3.63, 3.8) is 0 Å². The molecule has 0 spiro atoms. The number of nitrogens with zero attached hydrogens (tertiary/aromatic N) is 3. The highest BCUT2D eigenvalue weighted by Gasteiger charge is 2.17. The second-order valence-electron chi connectivity index (χ2n) is 7.58. The van der Waals surface area contributed by atoms with Crippen molar-refractivity contribution in [3.8, 4) is 28.1 Å². The average Bonchev–Trinajstić information content (AvgIpc) is 2.80. The maximum Gasteiger partial charge on any atom is 0.207 e. The van der Waals surface area contributed by atoms with Gasteiger partial charge in [-0.25, -0.2) is 4.98 Å². The fraction of sp³-hybridized carbons (Fsp3) is 0.0385. The lowest BCUT2D eigenvalue weighted by Crippen LogP contribution is -2.09. The Morgan fingerprint density at radius 1 is 0.844 bits per heavy atom. The molecule has 4 nitrogen and oxygen atoms in total. The number of halogens is 1. The number of nitrogen functional groups attached to an aromatic ring is 1. The van der Waals surface area contributed by atoms with Gasteiger partial charge in [0.05, 0.1) is 11.1 Å². The Morgan fingerprint density at radius 3 is 2.22 bits per heavy atom. The molecule has 0 aliphatic rings. The van der Waals surface area contributed by atoms with Crippen LogP contribution in [0.4, 0.5) is 5.82 Å². The summed E-state index contributed by atoms with van der Waals surface area (Å²) < 4.78 is 3.14. The van der Waals surface area contributed by atoms with Crippen LogP contribution in [0.5, 0.6) is 0 Å². The SMILES string of the molecule is Cc1ccc(-c2cc(-c3ccccc3)c3c(N)n(-c4ccc(Br)cc4)c(=S)nc3n2)cc1. The lowest BCUT2D eigenvalue weighted by molar-refractivity contribution is 0.986. The van der Waals surface area contributed by atoms with E-state index < -0.39 is 0 Å². The number of hydrogen-bond donors (Lipinski definition) is 1. The van der Waals surface area contributed by atoms with Crippen LogP contribution in [0.3, 0.4) is 0 Å². The van der Waals surface area contributed by atoms with E-state index in [1.165, 1.54) is 5.56 Å². The van der Waals surface area contributed by atoms with Crippen molar-refractivity contribution in [1.29, 1.82) is 0 Å². The smallest absolute Gasteiger partial charge is 0.207 e. The molecule has 32 heavy (non-hydrogen) atoms. The first kappa shape index (κ1) is 20.5. The van der Waals surface area contributed by atoms with Crippen molar-refractivity contribution in [2.45, 2.75) is 6.92 Å². The molecule has 5 aromatic rings. The monoisotopic (exact) mass is 498 g/mol. The summed E-state index contributed by atoms with van der Waals surface area (Å²) in [6.07, 6.45) is 0. The van der Waals surface area contributed by atoms with E-state index in [0.29, 0.717) is 16.2 Å². The van der Waals surface area contributed by atoms with Gasteiger partial charge in [-0.3, -0.25) is 4.57 Å². The third-order valence-corrected chi connectivity index (χ3v) is 6.21. The van der Waals surface area contributed by atoms with Gasteiger partial charge in [-0.15, -0.1) is 0 Å². The van der Waals surface area contributed by atoms with Crippen LogP contribution in [0.2, 0.25) is 0 Å². The third-order valence-electron chi connectivity index (χ3n) is 5.41. The summed E-state index contributed by atoms with van der Waals surface area (Å²) >= 11 is 9.12. The molecule has 0 amide bonds. The van der Waals surface area contributed by atoms with E-state index in [1.807, 2.05) is 42.5 Å². The van der Waals surface area contributed by atoms with E-state index in [0.717, 1.165) is 37.9 Å². The van der Waals surface area contributed by atoms with Crippen molar-refractivity contribution in [2.75, 3.05) is 5.73 Å². The Morgan fingerprint density at radius 2 is 1.53 bits per heavy atom. The van der Waals surface area contributed by atoms with Crippen molar-refractivity contribution < 1.29 is 0 Å². The zero-order valence-corrected chi connectivity index (χ0v) is 19.7. The Labute approximate surface area is 199 Å². The standard InChI is InChI=1S/C26H19BrN4S/c1-16-7-9-18(10-8-16)22-15-21(17-5-3-2-4-6-17)23-24(28)31(26(32)30-25(23)29-22)20-13-11-19(27)12-14-20/h2-15H,28H2,1H3. The van der Waals surface area contributed by atoms with Gasteiger partial charge in [0.15, 0.2) is 5.65 Å². The van der Waals surface area contributed by atoms with Crippen molar-refractivity contribution in [1.82, 2.24) is 14.5 Å². The Balaban J connectivity index is 1.85. The topological polar surface area (TPSA) is 56.7 Å². The maximum absolute atomic E-state index is 6.74. The maximum atomic E-state index is 6.74. The van der Waals surface area contributed by atoms with Crippen LogP contribution in [0.1, 0.15) is 5.56 Å². The highest BCUT2D eigenvalue weighted by atomic mass is 79.9. The van der Waals surface area contributed by atoms with E-state index in [1.54, 1.807) is 4.57 Å². The number of anilines is 1. The summed E-state index contributed by atoms with van der Waals surface area (Å²) in [4.78, 5) is 9.55. The number of nitrogens with two attached hydrogens (primary N) is 1. The lowest BCUT2D eigenvalue weighted by Gasteiger charge is -2.16. The number of aryl methyl sites for hydroxylation is 1. The van der Waals surface area contributed by atoms with Crippen LogP contribution in [0, 0.1) is 11.7 Å². The lowest BCUT2D eigenvalue weighted by atomic mass is 9.99. The Bertz CT molecular complexity index is 1490. The quantitative estimate of drug-likeness (QED) is 0.268. The molecule has 0 fully saturated rings. The molecule has 0 aliphatic heterocycles. The minimum absolute atomic E-state index is 0.366. The Hall–Kier alpha value is -3.35. The first-order chi connectivity index (χ1) is 15.5. The highest BCUT2D eigenvalue weighted by molar-refractivity contribution is 9.10. The molecule has 0 saturated heterocycles. The van der Waals surface area contributed by atoms with Crippen molar-refractivity contribution >= 4 is 45.0 Å². The second-order valence-corrected chi connectivity index (χ2v) is 8.86. The number of benzene rings is 3. The predicted octanol–water partition coefficient (Wildman–Crippen LogP) is 7.14. The normalized spacial score (nSPS) is 11.1. The number of pyridine rings is 1. The summed E-state index contributed by atoms with van der Waals surface area (Å²) in [6.45, 7) is 2.07. The van der Waals surface area contributed by atoms with E-state index >= 15 is 0 Å². The average molecular weight is 499 g/mol. The number of rotatable bonds is 3. The van der Waals surface area contributed by atoms with Crippen LogP contribution in [0.15, 0.2) is 89.4 Å². The third kappa shape index (κ3) is 3.72. The summed E-state index contributed by atoms with van der Waals surface area (Å²) in [5.74, 6) is 0.518. The summed E-state index contributed by atoms with van der Waals surface area (Å²) in [5.41, 5.74) is 13.2. The van der Waals surface area contributed by atoms with Gasteiger partial charge in [-0.05, 0) is 60.6 Å². The van der Waals surface area contributed by atoms with Crippen LogP contribution >= 0.6 is 28.1 Å².